The van der Waals surface area contributed by atoms with Gasteiger partial charge in [-0.3, -0.25) is 0 Å². The van der Waals surface area contributed by atoms with Crippen LogP contribution in [0.4, 0.5) is 10.2 Å². The molecule has 1 aromatic carbocycles. The predicted molar refractivity (Wildman–Crippen MR) is 92.4 cm³/mol. The molecule has 130 valence electrons. The van der Waals surface area contributed by atoms with Gasteiger partial charge in [0.25, 0.3) is 0 Å². The SMILES string of the molecule is COc1cc(OC)cc([C@@H](Nc2ncccc2F)c2nccn2C)c1. The molecule has 25 heavy (non-hydrogen) atoms. The van der Waals surface area contributed by atoms with Crippen molar-refractivity contribution in [3.8, 4) is 11.5 Å². The summed E-state index contributed by atoms with van der Waals surface area (Å²) in [6.07, 6.45) is 5.06. The van der Waals surface area contributed by atoms with Gasteiger partial charge in [-0.2, -0.15) is 0 Å². The summed E-state index contributed by atoms with van der Waals surface area (Å²) in [5, 5.41) is 3.13. The summed E-state index contributed by atoms with van der Waals surface area (Å²) in [4.78, 5) is 8.48. The number of anilines is 1. The quantitative estimate of drug-likeness (QED) is 0.745. The molecule has 0 saturated carbocycles. The lowest BCUT2D eigenvalue weighted by Crippen LogP contribution is -2.18. The predicted octanol–water partition coefficient (Wildman–Crippen LogP) is 3.17. The van der Waals surface area contributed by atoms with Crippen LogP contribution >= 0.6 is 0 Å². The van der Waals surface area contributed by atoms with Crippen molar-refractivity contribution in [2.45, 2.75) is 6.04 Å². The Kier molecular flexibility index (Phi) is 4.83. The number of nitrogens with one attached hydrogen (secondary N) is 1. The third kappa shape index (κ3) is 3.55. The minimum Gasteiger partial charge on any atom is -0.497 e. The Labute approximate surface area is 145 Å². The summed E-state index contributed by atoms with van der Waals surface area (Å²) in [6, 6.07) is 7.96. The Balaban J connectivity index is 2.09. The smallest absolute Gasteiger partial charge is 0.165 e. The van der Waals surface area contributed by atoms with E-state index >= 15 is 0 Å². The molecule has 7 heteroatoms. The summed E-state index contributed by atoms with van der Waals surface area (Å²) in [6.45, 7) is 0. The fourth-order valence-corrected chi connectivity index (χ4v) is 2.58. The number of halogens is 1. The molecule has 0 spiro atoms. The fraction of sp³-hybridized carbons (Fsp3) is 0.222. The van der Waals surface area contributed by atoms with Crippen LogP contribution in [-0.2, 0) is 7.05 Å². The van der Waals surface area contributed by atoms with Crippen LogP contribution in [0.25, 0.3) is 0 Å². The Hall–Kier alpha value is -3.09. The molecule has 1 N–H and O–H groups in total. The van der Waals surface area contributed by atoms with E-state index in [-0.39, 0.29) is 5.82 Å². The highest BCUT2D eigenvalue weighted by Crippen LogP contribution is 2.31. The number of methoxy groups -OCH3 is 2. The van der Waals surface area contributed by atoms with Gasteiger partial charge < -0.3 is 19.4 Å². The molecule has 0 fully saturated rings. The van der Waals surface area contributed by atoms with Crippen LogP contribution in [0.15, 0.2) is 48.9 Å². The topological polar surface area (TPSA) is 61.2 Å². The first-order chi connectivity index (χ1) is 12.1. The molecule has 0 bridgehead atoms. The average Bonchev–Trinajstić information content (AvgIpc) is 3.06. The molecule has 3 rings (SSSR count). The lowest BCUT2D eigenvalue weighted by Gasteiger charge is -2.21. The zero-order valence-corrected chi connectivity index (χ0v) is 14.2. The van der Waals surface area contributed by atoms with Crippen molar-refractivity contribution in [2.75, 3.05) is 19.5 Å². The monoisotopic (exact) mass is 342 g/mol. The van der Waals surface area contributed by atoms with Crippen LogP contribution in [0, 0.1) is 5.82 Å². The Morgan fingerprint density at radius 2 is 1.80 bits per heavy atom. The van der Waals surface area contributed by atoms with E-state index in [2.05, 4.69) is 15.3 Å². The van der Waals surface area contributed by atoms with E-state index in [0.29, 0.717) is 17.3 Å². The Morgan fingerprint density at radius 3 is 2.36 bits per heavy atom. The number of rotatable bonds is 6. The number of imidazole rings is 1. The van der Waals surface area contributed by atoms with Gasteiger partial charge in [0.05, 0.1) is 14.2 Å². The average molecular weight is 342 g/mol. The summed E-state index contributed by atoms with van der Waals surface area (Å²) in [5.41, 5.74) is 0.815. The van der Waals surface area contributed by atoms with Crippen LogP contribution in [0.3, 0.4) is 0 Å². The second-order valence-electron chi connectivity index (χ2n) is 5.45. The van der Waals surface area contributed by atoms with Crippen LogP contribution in [0.2, 0.25) is 0 Å². The number of benzene rings is 1. The summed E-state index contributed by atoms with van der Waals surface area (Å²) in [5.74, 6) is 1.70. The highest BCUT2D eigenvalue weighted by Gasteiger charge is 2.22. The molecule has 0 radical (unpaired) electrons. The highest BCUT2D eigenvalue weighted by molar-refractivity contribution is 5.47. The molecule has 0 aliphatic carbocycles. The lowest BCUT2D eigenvalue weighted by molar-refractivity contribution is 0.393. The zero-order chi connectivity index (χ0) is 17.8. The van der Waals surface area contributed by atoms with Crippen LogP contribution < -0.4 is 14.8 Å². The van der Waals surface area contributed by atoms with Gasteiger partial charge in [-0.25, -0.2) is 14.4 Å². The summed E-state index contributed by atoms with van der Waals surface area (Å²) in [7, 11) is 5.05. The van der Waals surface area contributed by atoms with Crippen molar-refractivity contribution in [1.82, 2.24) is 14.5 Å². The van der Waals surface area contributed by atoms with Gasteiger partial charge in [0.15, 0.2) is 11.6 Å². The molecule has 0 amide bonds. The highest BCUT2D eigenvalue weighted by atomic mass is 19.1. The second kappa shape index (κ2) is 7.21. The number of hydrogen-bond acceptors (Lipinski definition) is 5. The molecule has 0 aliphatic rings. The van der Waals surface area contributed by atoms with Gasteiger partial charge in [0.2, 0.25) is 0 Å². The normalized spacial score (nSPS) is 11.8. The number of ether oxygens (including phenoxy) is 2. The third-order valence-corrected chi connectivity index (χ3v) is 3.86. The Bertz CT molecular complexity index is 844. The number of hydrogen-bond donors (Lipinski definition) is 1. The maximum Gasteiger partial charge on any atom is 0.165 e. The third-order valence-electron chi connectivity index (χ3n) is 3.86. The number of aryl methyl sites for hydroxylation is 1. The molecule has 1 atom stereocenters. The second-order valence-corrected chi connectivity index (χ2v) is 5.45. The van der Waals surface area contributed by atoms with Crippen molar-refractivity contribution in [2.24, 2.45) is 7.05 Å². The van der Waals surface area contributed by atoms with E-state index in [0.717, 1.165) is 5.56 Å². The molecule has 0 saturated heterocycles. The van der Waals surface area contributed by atoms with Crippen molar-refractivity contribution < 1.29 is 13.9 Å². The first-order valence-electron chi connectivity index (χ1n) is 7.69. The van der Waals surface area contributed by atoms with E-state index in [1.165, 1.54) is 12.3 Å². The molecular formula is C18H19FN4O2. The van der Waals surface area contributed by atoms with Crippen LogP contribution in [-0.4, -0.2) is 28.8 Å². The molecular weight excluding hydrogens is 323 g/mol. The lowest BCUT2D eigenvalue weighted by atomic mass is 10.0. The molecule has 2 heterocycles. The van der Waals surface area contributed by atoms with Crippen LogP contribution in [0.5, 0.6) is 11.5 Å². The molecule has 0 aliphatic heterocycles. The number of aromatic nitrogens is 3. The van der Waals surface area contributed by atoms with Gasteiger partial charge >= 0.3 is 0 Å². The maximum absolute atomic E-state index is 14.1. The van der Waals surface area contributed by atoms with Gasteiger partial charge in [-0.1, -0.05) is 0 Å². The van der Waals surface area contributed by atoms with Crippen molar-refractivity contribution in [3.05, 3.63) is 66.1 Å². The molecule has 0 unspecified atom stereocenters. The summed E-state index contributed by atoms with van der Waals surface area (Å²) < 4.78 is 26.7. The van der Waals surface area contributed by atoms with Crippen LogP contribution in [0.1, 0.15) is 17.4 Å². The van der Waals surface area contributed by atoms with Crippen molar-refractivity contribution in [3.63, 3.8) is 0 Å². The van der Waals surface area contributed by atoms with E-state index in [4.69, 9.17) is 9.47 Å². The molecule has 6 nitrogen and oxygen atoms in total. The summed E-state index contributed by atoms with van der Waals surface area (Å²) >= 11 is 0. The zero-order valence-electron chi connectivity index (χ0n) is 14.2. The first-order valence-corrected chi connectivity index (χ1v) is 7.69. The largest absolute Gasteiger partial charge is 0.497 e. The number of pyridine rings is 1. The van der Waals surface area contributed by atoms with Gasteiger partial charge in [-0.15, -0.1) is 0 Å². The number of nitrogens with zero attached hydrogens (tertiary/aromatic N) is 3. The van der Waals surface area contributed by atoms with Gasteiger partial charge in [0, 0.05) is 31.7 Å². The first kappa shape index (κ1) is 16.8. The van der Waals surface area contributed by atoms with E-state index < -0.39 is 11.9 Å². The van der Waals surface area contributed by atoms with Gasteiger partial charge in [-0.05, 0) is 29.8 Å². The van der Waals surface area contributed by atoms with E-state index in [1.54, 1.807) is 32.5 Å². The van der Waals surface area contributed by atoms with Crippen molar-refractivity contribution >= 4 is 5.82 Å². The van der Waals surface area contributed by atoms with E-state index in [1.807, 2.05) is 29.9 Å². The Morgan fingerprint density at radius 1 is 1.08 bits per heavy atom. The minimum absolute atomic E-state index is 0.150. The minimum atomic E-state index is -0.437. The maximum atomic E-state index is 14.1. The van der Waals surface area contributed by atoms with Crippen molar-refractivity contribution in [1.29, 1.82) is 0 Å². The van der Waals surface area contributed by atoms with E-state index in [9.17, 15) is 4.39 Å². The standard InChI is InChI=1S/C18H19FN4O2/c1-23-8-7-21-18(23)16(22-17-15(19)5-4-6-20-17)12-9-13(24-2)11-14(10-12)25-3/h4-11,16H,1-3H3,(H,20,22)/t16-/m1/s1. The molecule has 3 aromatic rings. The molecule has 2 aromatic heterocycles. The fourth-order valence-electron chi connectivity index (χ4n) is 2.58. The van der Waals surface area contributed by atoms with Gasteiger partial charge in [0.1, 0.15) is 23.4 Å².